The Labute approximate surface area is 816 Å². The van der Waals surface area contributed by atoms with Gasteiger partial charge in [-0.25, -0.2) is 15.0 Å². The maximum absolute atomic E-state index is 5.40. The van der Waals surface area contributed by atoms with Gasteiger partial charge in [-0.05, 0) is 190 Å². The van der Waals surface area contributed by atoms with E-state index in [-0.39, 0.29) is 16.2 Å². The molecule has 0 radical (unpaired) electrons. The SMILES string of the molecule is CCCCCCCCCC1(CCCCCCCCC)c2ccccc2-c2ccc(-c3ccc(-c4ccc(-c5nc(-c6ccc(-c7ccc(-c8ccc9c(c8)C(CCCCCCCCC)(CCCCCCCCC)c8ccccc8-9)cc7)cc6)nc(-c6ccc(-c7ccc(-c8ccc9c(c8)C(CCCCCCCCC)(CCCCCCCCC)c8ccccc8-9)cc7)cc6)n5)cc4)cc3)cc21. The number of aromatic nitrogens is 3. The summed E-state index contributed by atoms with van der Waals surface area (Å²) in [4.78, 5) is 16.2. The molecule has 702 valence electrons. The second-order valence-corrected chi connectivity index (χ2v) is 41.2. The van der Waals surface area contributed by atoms with Crippen molar-refractivity contribution in [3.8, 4) is 134 Å². The van der Waals surface area contributed by atoms with Gasteiger partial charge in [0.25, 0.3) is 0 Å². The zero-order valence-corrected chi connectivity index (χ0v) is 83.8. The molecule has 0 atom stereocenters. The van der Waals surface area contributed by atoms with Gasteiger partial charge in [0.2, 0.25) is 0 Å². The number of unbranched alkanes of at least 4 members (excludes halogenated alkanes) is 36. The maximum Gasteiger partial charge on any atom is 0.164 e. The van der Waals surface area contributed by atoms with Crippen LogP contribution in [0.25, 0.3) is 134 Å². The van der Waals surface area contributed by atoms with Crippen molar-refractivity contribution < 1.29 is 0 Å². The molecular weight excluding hydrogens is 1630 g/mol. The van der Waals surface area contributed by atoms with Gasteiger partial charge in [0, 0.05) is 32.9 Å². The first kappa shape index (κ1) is 97.7. The first-order valence-electron chi connectivity index (χ1n) is 54.8. The zero-order valence-electron chi connectivity index (χ0n) is 83.8. The van der Waals surface area contributed by atoms with Gasteiger partial charge in [-0.1, -0.05) is 566 Å². The Morgan fingerprint density at radius 3 is 0.481 bits per heavy atom. The lowest BCUT2D eigenvalue weighted by Crippen LogP contribution is -2.25. The van der Waals surface area contributed by atoms with Crippen LogP contribution in [0.1, 0.15) is 383 Å². The average molecular weight is 1790 g/mol. The van der Waals surface area contributed by atoms with E-state index in [1.165, 1.54) is 392 Å². The van der Waals surface area contributed by atoms with E-state index in [1.807, 2.05) is 0 Å². The summed E-state index contributed by atoms with van der Waals surface area (Å²) in [6.07, 6.45) is 63.2. The zero-order chi connectivity index (χ0) is 92.7. The quantitative estimate of drug-likeness (QED) is 0.0357. The van der Waals surface area contributed by atoms with Crippen molar-refractivity contribution in [1.82, 2.24) is 15.0 Å². The van der Waals surface area contributed by atoms with Crippen LogP contribution in [0.3, 0.4) is 0 Å². The predicted octanol–water partition coefficient (Wildman–Crippen LogP) is 40.5. The monoisotopic (exact) mass is 1790 g/mol. The molecule has 0 saturated carbocycles. The highest BCUT2D eigenvalue weighted by molar-refractivity contribution is 5.88. The first-order valence-corrected chi connectivity index (χ1v) is 54.8. The average Bonchev–Trinajstić information content (AvgIpc) is 1.58. The highest BCUT2D eigenvalue weighted by Crippen LogP contribution is 2.59. The van der Waals surface area contributed by atoms with E-state index >= 15 is 0 Å². The Balaban J connectivity index is 0.674. The van der Waals surface area contributed by atoms with Crippen LogP contribution in [0.2, 0.25) is 0 Å². The van der Waals surface area contributed by atoms with Crippen LogP contribution in [0.5, 0.6) is 0 Å². The van der Waals surface area contributed by atoms with Gasteiger partial charge in [-0.2, -0.15) is 0 Å². The number of nitrogens with zero attached hydrogens (tertiary/aromatic N) is 3. The van der Waals surface area contributed by atoms with Gasteiger partial charge in [-0.15, -0.1) is 0 Å². The van der Waals surface area contributed by atoms with Crippen molar-refractivity contribution >= 4 is 0 Å². The molecule has 12 aromatic carbocycles. The Hall–Kier alpha value is -10.4. The molecular formula is C132H159N3. The van der Waals surface area contributed by atoms with Crippen LogP contribution in [0.15, 0.2) is 273 Å². The molecule has 0 spiro atoms. The summed E-state index contributed by atoms with van der Waals surface area (Å²) >= 11 is 0. The lowest BCUT2D eigenvalue weighted by molar-refractivity contribution is 0.397. The summed E-state index contributed by atoms with van der Waals surface area (Å²) in [5.41, 5.74) is 35.8. The number of fused-ring (bicyclic) bond motifs is 9. The fourth-order valence-electron chi connectivity index (χ4n) is 24.0. The molecule has 3 aliphatic rings. The van der Waals surface area contributed by atoms with E-state index in [0.29, 0.717) is 17.5 Å². The number of benzene rings is 12. The topological polar surface area (TPSA) is 38.7 Å². The minimum Gasteiger partial charge on any atom is -0.208 e. The fraction of sp³-hybridized carbons (Fsp3) is 0.432. The lowest BCUT2D eigenvalue weighted by atomic mass is 9.70. The maximum atomic E-state index is 5.40. The third-order valence-corrected chi connectivity index (χ3v) is 31.8. The highest BCUT2D eigenvalue weighted by Gasteiger charge is 2.46. The molecule has 1 aromatic heterocycles. The van der Waals surface area contributed by atoms with Gasteiger partial charge < -0.3 is 0 Å². The molecule has 1 heterocycles. The molecule has 135 heavy (non-hydrogen) atoms. The summed E-state index contributed by atoms with van der Waals surface area (Å²) in [5, 5.41) is 0. The lowest BCUT2D eigenvalue weighted by Gasteiger charge is -2.33. The summed E-state index contributed by atoms with van der Waals surface area (Å²) in [6.45, 7) is 14.0. The standard InChI is InChI=1S/C132H159N3/c1-7-13-19-25-31-37-49-91-130(92-50-38-32-26-20-14-8-2)121-58-46-43-55-115(121)118-88-85-112(97-124(118)130)106-67-61-100(62-68-106)103-73-79-109(80-74-103)127-133-128(110-81-75-104(76-82-110)101-63-69-107(70-64-101)113-86-89-119-116-56-44-47-59-122(116)131(125(119)98-113,93-51-39-33-27-21-15-9-3)94-52-40-34-28-22-16-10-4)135-129(134-127)111-83-77-105(78-84-111)102-65-71-108(72-66-102)114-87-90-120-117-57-45-48-60-123(117)132(126(120)99-114,95-53-41-35-29-23-17-11-5)96-54-42-36-30-24-18-12-6/h43-48,55-90,97-99H,7-42,49-54,91-96H2,1-6H3. The Bertz CT molecular complexity index is 5190. The molecule has 3 heteroatoms. The molecule has 13 aromatic rings. The molecule has 0 N–H and O–H groups in total. The smallest absolute Gasteiger partial charge is 0.164 e. The molecule has 0 amide bonds. The second kappa shape index (κ2) is 49.6. The fourth-order valence-corrected chi connectivity index (χ4v) is 24.0. The summed E-state index contributed by atoms with van der Waals surface area (Å²) in [5.74, 6) is 1.95. The third-order valence-electron chi connectivity index (χ3n) is 31.8. The summed E-state index contributed by atoms with van der Waals surface area (Å²) in [6, 6.07) is 106. The van der Waals surface area contributed by atoms with Crippen molar-refractivity contribution in [3.05, 3.63) is 306 Å². The van der Waals surface area contributed by atoms with Crippen LogP contribution in [0.4, 0.5) is 0 Å². The molecule has 3 aliphatic carbocycles. The van der Waals surface area contributed by atoms with Gasteiger partial charge in [0.1, 0.15) is 0 Å². The van der Waals surface area contributed by atoms with Gasteiger partial charge in [-0.3, -0.25) is 0 Å². The molecule has 16 rings (SSSR count). The van der Waals surface area contributed by atoms with Crippen molar-refractivity contribution in [2.75, 3.05) is 0 Å². The van der Waals surface area contributed by atoms with Gasteiger partial charge >= 0.3 is 0 Å². The van der Waals surface area contributed by atoms with E-state index in [4.69, 9.17) is 15.0 Å². The van der Waals surface area contributed by atoms with Crippen molar-refractivity contribution in [3.63, 3.8) is 0 Å². The van der Waals surface area contributed by atoms with E-state index in [9.17, 15) is 0 Å². The summed E-state index contributed by atoms with van der Waals surface area (Å²) < 4.78 is 0. The van der Waals surface area contributed by atoms with Gasteiger partial charge in [0.05, 0.1) is 0 Å². The number of hydrogen-bond donors (Lipinski definition) is 0. The number of hydrogen-bond acceptors (Lipinski definition) is 3. The second-order valence-electron chi connectivity index (χ2n) is 41.2. The minimum absolute atomic E-state index is 0.0369. The molecule has 0 aliphatic heterocycles. The van der Waals surface area contributed by atoms with Crippen LogP contribution in [-0.2, 0) is 16.2 Å². The number of rotatable bonds is 57. The van der Waals surface area contributed by atoms with E-state index in [1.54, 1.807) is 33.4 Å². The van der Waals surface area contributed by atoms with Crippen LogP contribution < -0.4 is 0 Å². The van der Waals surface area contributed by atoms with Crippen molar-refractivity contribution in [1.29, 1.82) is 0 Å². The Kier molecular flexibility index (Phi) is 35.9. The molecule has 0 unspecified atom stereocenters. The third kappa shape index (κ3) is 23.7. The first-order chi connectivity index (χ1) is 66.7. The summed E-state index contributed by atoms with van der Waals surface area (Å²) in [7, 11) is 0. The largest absolute Gasteiger partial charge is 0.208 e. The Morgan fingerprint density at radius 2 is 0.289 bits per heavy atom. The molecule has 0 saturated heterocycles. The molecule has 0 bridgehead atoms. The Morgan fingerprint density at radius 1 is 0.141 bits per heavy atom. The van der Waals surface area contributed by atoms with Crippen molar-refractivity contribution in [2.45, 2.75) is 366 Å². The van der Waals surface area contributed by atoms with Crippen LogP contribution in [0, 0.1) is 0 Å². The normalized spacial score (nSPS) is 13.4. The minimum atomic E-state index is 0.0369. The van der Waals surface area contributed by atoms with Crippen LogP contribution in [-0.4, -0.2) is 15.0 Å². The van der Waals surface area contributed by atoms with E-state index < -0.39 is 0 Å². The highest BCUT2D eigenvalue weighted by atomic mass is 15.0. The molecule has 0 fully saturated rings. The van der Waals surface area contributed by atoms with Crippen LogP contribution >= 0.6 is 0 Å². The predicted molar refractivity (Wildman–Crippen MR) is 583 cm³/mol. The van der Waals surface area contributed by atoms with E-state index in [2.05, 4.69) is 315 Å². The van der Waals surface area contributed by atoms with Gasteiger partial charge in [0.15, 0.2) is 17.5 Å². The molecule has 3 nitrogen and oxygen atoms in total. The van der Waals surface area contributed by atoms with E-state index in [0.717, 1.165) is 33.4 Å². The van der Waals surface area contributed by atoms with Crippen molar-refractivity contribution in [2.24, 2.45) is 0 Å².